The molecule has 86 valence electrons. The van der Waals surface area contributed by atoms with Crippen LogP contribution in [0.5, 0.6) is 5.75 Å². The fourth-order valence-corrected chi connectivity index (χ4v) is 1.32. The zero-order valence-electron chi connectivity index (χ0n) is 9.22. The van der Waals surface area contributed by atoms with Gasteiger partial charge in [-0.25, -0.2) is 4.39 Å². The molecule has 1 rings (SSSR count). The van der Waals surface area contributed by atoms with Crippen LogP contribution in [-0.2, 0) is 0 Å². The Balaban J connectivity index is 2.72. The van der Waals surface area contributed by atoms with Gasteiger partial charge in [-0.15, -0.1) is 11.6 Å². The minimum Gasteiger partial charge on any atom is -0.491 e. The van der Waals surface area contributed by atoms with Gasteiger partial charge in [-0.2, -0.15) is 0 Å². The van der Waals surface area contributed by atoms with Crippen molar-refractivity contribution < 1.29 is 9.13 Å². The van der Waals surface area contributed by atoms with Crippen LogP contribution < -0.4 is 4.74 Å². The second-order valence-electron chi connectivity index (χ2n) is 3.25. The van der Waals surface area contributed by atoms with Gasteiger partial charge in [0.25, 0.3) is 0 Å². The van der Waals surface area contributed by atoms with E-state index in [1.54, 1.807) is 6.07 Å². The van der Waals surface area contributed by atoms with Crippen LogP contribution in [0.2, 0.25) is 0 Å². The Bertz CT molecular complexity index is 393. The molecular weight excluding hydrogens is 227 g/mol. The Kier molecular flexibility index (Phi) is 5.74. The number of hydrogen-bond donors (Lipinski definition) is 0. The van der Waals surface area contributed by atoms with Crippen LogP contribution in [0.3, 0.4) is 0 Å². The van der Waals surface area contributed by atoms with E-state index < -0.39 is 6.67 Å². The molecule has 0 heterocycles. The third kappa shape index (κ3) is 4.12. The van der Waals surface area contributed by atoms with Gasteiger partial charge in [-0.05, 0) is 30.7 Å². The molecule has 3 heteroatoms. The van der Waals surface area contributed by atoms with Crippen LogP contribution >= 0.6 is 11.6 Å². The van der Waals surface area contributed by atoms with E-state index in [9.17, 15) is 4.39 Å². The van der Waals surface area contributed by atoms with Crippen molar-refractivity contribution in [3.63, 3.8) is 0 Å². The Morgan fingerprint density at radius 2 is 2.25 bits per heavy atom. The lowest BCUT2D eigenvalue weighted by molar-refractivity contribution is 0.273. The van der Waals surface area contributed by atoms with Crippen molar-refractivity contribution in [3.8, 4) is 17.6 Å². The molecule has 0 atom stereocenters. The Morgan fingerprint density at radius 1 is 1.44 bits per heavy atom. The van der Waals surface area contributed by atoms with Gasteiger partial charge >= 0.3 is 0 Å². The smallest absolute Gasteiger partial charge is 0.123 e. The number of alkyl halides is 2. The summed E-state index contributed by atoms with van der Waals surface area (Å²) >= 11 is 5.53. The fraction of sp³-hybridized carbons (Fsp3) is 0.385. The molecule has 0 aromatic heterocycles. The minimum atomic E-state index is -0.476. The van der Waals surface area contributed by atoms with Crippen molar-refractivity contribution in [2.24, 2.45) is 0 Å². The molecule has 0 N–H and O–H groups in total. The molecule has 0 saturated heterocycles. The van der Waals surface area contributed by atoms with Crippen molar-refractivity contribution in [2.45, 2.75) is 13.3 Å². The average Bonchev–Trinajstić information content (AvgIpc) is 2.29. The zero-order valence-corrected chi connectivity index (χ0v) is 9.98. The monoisotopic (exact) mass is 240 g/mol. The van der Waals surface area contributed by atoms with Gasteiger partial charge in [0.15, 0.2) is 0 Å². The van der Waals surface area contributed by atoms with Crippen LogP contribution in [0.15, 0.2) is 18.2 Å². The molecule has 0 bridgehead atoms. The highest BCUT2D eigenvalue weighted by Gasteiger charge is 1.98. The van der Waals surface area contributed by atoms with E-state index in [2.05, 4.69) is 11.8 Å². The molecule has 1 aromatic rings. The van der Waals surface area contributed by atoms with Gasteiger partial charge in [0, 0.05) is 17.9 Å². The van der Waals surface area contributed by atoms with Gasteiger partial charge < -0.3 is 4.74 Å². The van der Waals surface area contributed by atoms with Crippen molar-refractivity contribution in [2.75, 3.05) is 19.2 Å². The van der Waals surface area contributed by atoms with E-state index in [4.69, 9.17) is 16.3 Å². The molecule has 0 spiro atoms. The van der Waals surface area contributed by atoms with Gasteiger partial charge in [0.05, 0.1) is 0 Å². The third-order valence-electron chi connectivity index (χ3n) is 1.99. The summed E-state index contributed by atoms with van der Waals surface area (Å²) in [6.07, 6.45) is 0.682. The highest BCUT2D eigenvalue weighted by Crippen LogP contribution is 2.16. The van der Waals surface area contributed by atoms with E-state index >= 15 is 0 Å². The van der Waals surface area contributed by atoms with E-state index in [1.807, 2.05) is 19.1 Å². The second kappa shape index (κ2) is 7.14. The van der Waals surface area contributed by atoms with Gasteiger partial charge in [-0.1, -0.05) is 11.8 Å². The maximum Gasteiger partial charge on any atom is 0.123 e. The van der Waals surface area contributed by atoms with Crippen LogP contribution in [0, 0.1) is 18.8 Å². The molecule has 0 fully saturated rings. The topological polar surface area (TPSA) is 9.23 Å². The van der Waals surface area contributed by atoms with E-state index in [0.717, 1.165) is 11.1 Å². The molecule has 0 unspecified atom stereocenters. The average molecular weight is 241 g/mol. The first-order valence-electron chi connectivity index (χ1n) is 5.12. The highest BCUT2D eigenvalue weighted by atomic mass is 35.5. The normalized spacial score (nSPS) is 9.44. The first-order chi connectivity index (χ1) is 7.77. The Morgan fingerprint density at radius 3 is 2.88 bits per heavy atom. The molecule has 16 heavy (non-hydrogen) atoms. The SMILES string of the molecule is Cc1cc(OCCF)ccc1C#CCCCl. The largest absolute Gasteiger partial charge is 0.491 e. The number of ether oxygens (including phenoxy) is 1. The fourth-order valence-electron chi connectivity index (χ4n) is 1.23. The standard InChI is InChI=1S/C13H14ClFO/c1-11-10-13(16-9-8-15)6-5-12(11)4-2-3-7-14/h5-6,10H,3,7-9H2,1H3. The first-order valence-corrected chi connectivity index (χ1v) is 5.65. The Labute approximate surface area is 101 Å². The van der Waals surface area contributed by atoms with Gasteiger partial charge in [-0.3, -0.25) is 0 Å². The van der Waals surface area contributed by atoms with Crippen LogP contribution in [0.1, 0.15) is 17.5 Å². The van der Waals surface area contributed by atoms with E-state index in [0.29, 0.717) is 18.1 Å². The molecule has 0 amide bonds. The Hall–Kier alpha value is -1.20. The summed E-state index contributed by atoms with van der Waals surface area (Å²) in [5.74, 6) is 7.23. The molecule has 0 radical (unpaired) electrons. The summed E-state index contributed by atoms with van der Waals surface area (Å²) in [7, 11) is 0. The van der Waals surface area contributed by atoms with Crippen molar-refractivity contribution in [1.29, 1.82) is 0 Å². The van der Waals surface area contributed by atoms with Crippen molar-refractivity contribution in [1.82, 2.24) is 0 Å². The minimum absolute atomic E-state index is 0.0940. The van der Waals surface area contributed by atoms with Crippen LogP contribution in [-0.4, -0.2) is 19.2 Å². The van der Waals surface area contributed by atoms with Gasteiger partial charge in [0.1, 0.15) is 19.0 Å². The van der Waals surface area contributed by atoms with Crippen molar-refractivity contribution in [3.05, 3.63) is 29.3 Å². The lowest BCUT2D eigenvalue weighted by Gasteiger charge is -2.05. The summed E-state index contributed by atoms with van der Waals surface area (Å²) in [5, 5.41) is 0. The maximum absolute atomic E-state index is 11.9. The predicted octanol–water partition coefficient (Wildman–Crippen LogP) is 3.32. The zero-order chi connectivity index (χ0) is 11.8. The molecule has 0 saturated carbocycles. The molecule has 0 aliphatic heterocycles. The number of rotatable bonds is 4. The summed E-state index contributed by atoms with van der Waals surface area (Å²) < 4.78 is 17.1. The number of aryl methyl sites for hydroxylation is 1. The van der Waals surface area contributed by atoms with Crippen LogP contribution in [0.25, 0.3) is 0 Å². The van der Waals surface area contributed by atoms with E-state index in [-0.39, 0.29) is 6.61 Å². The molecule has 0 aliphatic rings. The lowest BCUT2D eigenvalue weighted by Crippen LogP contribution is -1.99. The maximum atomic E-state index is 11.9. The summed E-state index contributed by atoms with van der Waals surface area (Å²) in [5.41, 5.74) is 1.98. The second-order valence-corrected chi connectivity index (χ2v) is 3.63. The summed E-state index contributed by atoms with van der Waals surface area (Å²) in [6, 6.07) is 5.54. The summed E-state index contributed by atoms with van der Waals surface area (Å²) in [4.78, 5) is 0. The molecular formula is C13H14ClFO. The van der Waals surface area contributed by atoms with Crippen molar-refractivity contribution >= 4 is 11.6 Å². The lowest BCUT2D eigenvalue weighted by atomic mass is 10.1. The number of halogens is 2. The highest BCUT2D eigenvalue weighted by molar-refractivity contribution is 6.18. The van der Waals surface area contributed by atoms with E-state index in [1.165, 1.54) is 0 Å². The molecule has 0 aliphatic carbocycles. The summed E-state index contributed by atoms with van der Waals surface area (Å²) in [6.45, 7) is 1.57. The molecule has 1 aromatic carbocycles. The number of hydrogen-bond acceptors (Lipinski definition) is 1. The molecule has 1 nitrogen and oxygen atoms in total. The number of benzene rings is 1. The third-order valence-corrected chi connectivity index (χ3v) is 2.18. The predicted molar refractivity (Wildman–Crippen MR) is 64.9 cm³/mol. The first kappa shape index (κ1) is 12.9. The van der Waals surface area contributed by atoms with Gasteiger partial charge in [0.2, 0.25) is 0 Å². The van der Waals surface area contributed by atoms with Crippen LogP contribution in [0.4, 0.5) is 4.39 Å². The quantitative estimate of drug-likeness (QED) is 0.580.